The fourth-order valence-electron chi connectivity index (χ4n) is 3.17. The van der Waals surface area contributed by atoms with Crippen molar-refractivity contribution in [2.45, 2.75) is 0 Å². The van der Waals surface area contributed by atoms with Crippen LogP contribution in [0.1, 0.15) is 0 Å². The number of nitrogen functional groups attached to an aromatic ring is 4. The normalized spacial score (nSPS) is 8.87. The highest BCUT2D eigenvalue weighted by Crippen LogP contribution is 2.36. The molecule has 14 N–H and O–H groups in total. The van der Waals surface area contributed by atoms with Crippen molar-refractivity contribution in [3.05, 3.63) is 19.6 Å². The summed E-state index contributed by atoms with van der Waals surface area (Å²) >= 11 is 0. The van der Waals surface area contributed by atoms with Crippen LogP contribution in [0.4, 0.5) is 46.5 Å². The fourth-order valence-corrected chi connectivity index (χ4v) is 3.17. The molecule has 4 aromatic rings. The zero-order valence-electron chi connectivity index (χ0n) is 30.1. The number of anilines is 4. The maximum atomic E-state index is 10.3. The van der Waals surface area contributed by atoms with Gasteiger partial charge in [-0.1, -0.05) is 0 Å². The van der Waals surface area contributed by atoms with Crippen LogP contribution in [0, 0.1) is 19.6 Å². The van der Waals surface area contributed by atoms with Gasteiger partial charge in [0.15, 0.2) is 0 Å². The summed E-state index contributed by atoms with van der Waals surface area (Å²) < 4.78 is 38.0. The maximum absolute atomic E-state index is 10.3. The lowest BCUT2D eigenvalue weighted by Gasteiger charge is -2.05. The van der Waals surface area contributed by atoms with Crippen molar-refractivity contribution in [2.24, 2.45) is 20.7 Å². The summed E-state index contributed by atoms with van der Waals surface area (Å²) in [6.07, 6.45) is 0. The largest absolute Gasteiger partial charge is 0.479 e. The zero-order valence-corrected chi connectivity index (χ0v) is 30.1. The molecule has 0 radical (unpaired) electrons. The molecule has 0 aromatic carbocycles. The molecule has 55 heavy (non-hydrogen) atoms. The smallest absolute Gasteiger partial charge is 0.252 e. The van der Waals surface area contributed by atoms with Gasteiger partial charge in [0.05, 0.1) is 56.9 Å². The summed E-state index contributed by atoms with van der Waals surface area (Å²) in [7, 11) is 10.7. The number of hydrogen-bond acceptors (Lipinski definition) is 28. The van der Waals surface area contributed by atoms with Crippen LogP contribution in [-0.4, -0.2) is 113 Å². The van der Waals surface area contributed by atoms with Gasteiger partial charge >= 0.3 is 0 Å². The topological polar surface area (TPSA) is 493 Å². The first-order valence-electron chi connectivity index (χ1n) is 13.3. The summed E-state index contributed by atoms with van der Waals surface area (Å²) in [5, 5.41) is 10.7. The average molecular weight is 791 g/mol. The summed E-state index contributed by atoms with van der Waals surface area (Å²) in [6, 6.07) is 0. The number of nitroso groups, excluding NO2 is 4. The Hall–Kier alpha value is -7.80. The molecule has 0 amide bonds. The van der Waals surface area contributed by atoms with Crippen LogP contribution in [0.2, 0.25) is 0 Å². The van der Waals surface area contributed by atoms with Crippen molar-refractivity contribution in [3.8, 4) is 47.0 Å². The lowest BCUT2D eigenvalue weighted by atomic mass is 10.5. The van der Waals surface area contributed by atoms with E-state index in [9.17, 15) is 19.6 Å². The summed E-state index contributed by atoms with van der Waals surface area (Å²) in [5.41, 5.74) is 20.8. The fraction of sp³-hybridized carbons (Fsp3) is 0.333. The molecule has 0 aliphatic rings. The van der Waals surface area contributed by atoms with E-state index in [2.05, 4.69) is 60.6 Å². The highest BCUT2D eigenvalue weighted by atomic mass is 16.5. The number of ether oxygens (including phenoxy) is 8. The van der Waals surface area contributed by atoms with Crippen LogP contribution in [0.25, 0.3) is 0 Å². The SMILES string of the molecule is COc1nc(N)nc(OC)c1N=O.COc1nc(N)nc(OC)c1N=O.COc1nc(N)nc(OC)c1N=O.COc1nc(N)nc(OC)c1N=O.O.O.O. The molecule has 4 rings (SSSR count). The van der Waals surface area contributed by atoms with E-state index in [1.54, 1.807) is 0 Å². The molecule has 31 nitrogen and oxygen atoms in total. The van der Waals surface area contributed by atoms with Crippen LogP contribution >= 0.6 is 0 Å². The van der Waals surface area contributed by atoms with E-state index in [0.717, 1.165) is 0 Å². The van der Waals surface area contributed by atoms with Gasteiger partial charge in [-0.2, -0.15) is 39.9 Å². The molecule has 0 saturated carbocycles. The van der Waals surface area contributed by atoms with Crippen LogP contribution in [0.5, 0.6) is 47.0 Å². The highest BCUT2D eigenvalue weighted by molar-refractivity contribution is 5.59. The third-order valence-corrected chi connectivity index (χ3v) is 5.26. The number of nitrogens with two attached hydrogens (primary N) is 4. The van der Waals surface area contributed by atoms with Crippen molar-refractivity contribution in [2.75, 3.05) is 79.8 Å². The van der Waals surface area contributed by atoms with Crippen LogP contribution < -0.4 is 60.8 Å². The van der Waals surface area contributed by atoms with Crippen molar-refractivity contribution < 1.29 is 54.3 Å². The first kappa shape index (κ1) is 51.6. The Morgan fingerprint density at radius 3 is 0.491 bits per heavy atom. The van der Waals surface area contributed by atoms with E-state index < -0.39 is 0 Å². The van der Waals surface area contributed by atoms with Crippen LogP contribution in [-0.2, 0) is 0 Å². The number of aromatic nitrogens is 8. The Bertz CT molecular complexity index is 1480. The number of nitrogens with zero attached hydrogens (tertiary/aromatic N) is 12. The summed E-state index contributed by atoms with van der Waals surface area (Å²) in [4.78, 5) is 70.5. The van der Waals surface area contributed by atoms with E-state index in [0.29, 0.717) is 0 Å². The van der Waals surface area contributed by atoms with Crippen molar-refractivity contribution in [1.29, 1.82) is 0 Å². The van der Waals surface area contributed by atoms with E-state index in [-0.39, 0.29) is 110 Å². The van der Waals surface area contributed by atoms with Crippen molar-refractivity contribution >= 4 is 46.5 Å². The lowest BCUT2D eigenvalue weighted by molar-refractivity contribution is 0.375. The van der Waals surface area contributed by atoms with E-state index in [4.69, 9.17) is 60.8 Å². The van der Waals surface area contributed by atoms with Crippen molar-refractivity contribution in [3.63, 3.8) is 0 Å². The summed E-state index contributed by atoms with van der Waals surface area (Å²) in [5.74, 6) is -0.167. The third-order valence-electron chi connectivity index (χ3n) is 5.26. The first-order valence-corrected chi connectivity index (χ1v) is 13.3. The molecule has 0 fully saturated rings. The second-order valence-electron chi connectivity index (χ2n) is 8.16. The van der Waals surface area contributed by atoms with Crippen LogP contribution in [0.3, 0.4) is 0 Å². The van der Waals surface area contributed by atoms with Crippen LogP contribution in [0.15, 0.2) is 20.7 Å². The quantitative estimate of drug-likeness (QED) is 0.130. The molecule has 0 unspecified atom stereocenters. The molecule has 0 aliphatic carbocycles. The standard InChI is InChI=1S/4C6H8N4O3.3H2O/c4*1-12-4-3(10-11)5(13-2)9-6(7)8-4;;;/h4*1-2H3,(H2,7,8,9);3*1H2. The van der Waals surface area contributed by atoms with Gasteiger partial charge in [-0.05, 0) is 20.7 Å². The maximum Gasteiger partial charge on any atom is 0.252 e. The Morgan fingerprint density at radius 1 is 0.309 bits per heavy atom. The van der Waals surface area contributed by atoms with Gasteiger partial charge in [-0.3, -0.25) is 0 Å². The molecule has 0 atom stereocenters. The minimum absolute atomic E-state index is 0. The Kier molecular flexibility index (Phi) is 24.4. The van der Waals surface area contributed by atoms with Gasteiger partial charge in [-0.25, -0.2) is 0 Å². The second-order valence-corrected chi connectivity index (χ2v) is 8.16. The monoisotopic (exact) mass is 790 g/mol. The van der Waals surface area contributed by atoms with E-state index in [1.807, 2.05) is 0 Å². The number of hydrogen-bond donors (Lipinski definition) is 4. The molecular weight excluding hydrogens is 752 g/mol. The molecule has 0 spiro atoms. The van der Waals surface area contributed by atoms with Gasteiger partial charge < -0.3 is 77.3 Å². The minimum atomic E-state index is -0.0980. The molecule has 0 aliphatic heterocycles. The Morgan fingerprint density at radius 2 is 0.418 bits per heavy atom. The van der Waals surface area contributed by atoms with Gasteiger partial charge in [0.25, 0.3) is 47.0 Å². The van der Waals surface area contributed by atoms with Crippen molar-refractivity contribution in [1.82, 2.24) is 39.9 Å². The van der Waals surface area contributed by atoms with Gasteiger partial charge in [-0.15, -0.1) is 19.6 Å². The second kappa shape index (κ2) is 26.0. The molecule has 0 saturated heterocycles. The minimum Gasteiger partial charge on any atom is -0.479 e. The predicted octanol–water partition coefficient (Wildman–Crippen LogP) is -0.578. The first-order chi connectivity index (χ1) is 24.9. The lowest BCUT2D eigenvalue weighted by Crippen LogP contribution is -2.00. The average Bonchev–Trinajstić information content (AvgIpc) is 3.16. The summed E-state index contributed by atoms with van der Waals surface area (Å²) in [6.45, 7) is 0. The van der Waals surface area contributed by atoms with E-state index >= 15 is 0 Å². The number of rotatable bonds is 12. The van der Waals surface area contributed by atoms with Gasteiger partial charge in [0.2, 0.25) is 46.5 Å². The molecule has 304 valence electrons. The molecular formula is C24H38N16O15. The predicted molar refractivity (Wildman–Crippen MR) is 191 cm³/mol. The van der Waals surface area contributed by atoms with Gasteiger partial charge in [0, 0.05) is 0 Å². The number of methoxy groups -OCH3 is 8. The molecule has 4 heterocycles. The zero-order chi connectivity index (χ0) is 39.4. The highest BCUT2D eigenvalue weighted by Gasteiger charge is 2.18. The Balaban J connectivity index is -0.000000644. The molecule has 31 heteroatoms. The van der Waals surface area contributed by atoms with E-state index in [1.165, 1.54) is 56.9 Å². The third kappa shape index (κ3) is 14.0. The Labute approximate surface area is 308 Å². The molecule has 4 aromatic heterocycles. The van der Waals surface area contributed by atoms with Gasteiger partial charge in [0.1, 0.15) is 0 Å². The molecule has 0 bridgehead atoms.